The SMILES string of the molecule is CCCCC(CC)CNC(=O)c1cccc(NC2=NC3CS(=O)(=O)CC3S2)c1. The number of aliphatic imine (C=N–C) groups is 1. The van der Waals surface area contributed by atoms with E-state index in [9.17, 15) is 13.2 Å². The number of unbranched alkanes of at least 4 members (excludes halogenated alkanes) is 1. The standard InChI is InChI=1S/C20H29N3O3S2/c1-3-5-7-14(4-2)11-21-19(24)15-8-6-9-16(10-15)22-20-23-17-12-28(25,26)13-18(17)27-20/h6,8-10,14,17-18H,3-5,7,11-13H2,1-2H3,(H,21,24)(H,22,23). The number of rotatable bonds is 8. The largest absolute Gasteiger partial charge is 0.352 e. The lowest BCUT2D eigenvalue weighted by atomic mass is 9.99. The normalized spacial score (nSPS) is 23.7. The summed E-state index contributed by atoms with van der Waals surface area (Å²) >= 11 is 1.48. The van der Waals surface area contributed by atoms with Gasteiger partial charge >= 0.3 is 0 Å². The molecule has 1 aromatic carbocycles. The van der Waals surface area contributed by atoms with Crippen LogP contribution in [-0.4, -0.2) is 48.8 Å². The number of carbonyl (C=O) groups excluding carboxylic acids is 1. The first kappa shape index (κ1) is 21.2. The Hall–Kier alpha value is -1.54. The fourth-order valence-electron chi connectivity index (χ4n) is 3.56. The van der Waals surface area contributed by atoms with E-state index >= 15 is 0 Å². The van der Waals surface area contributed by atoms with Crippen LogP contribution in [0.2, 0.25) is 0 Å². The highest BCUT2D eigenvalue weighted by atomic mass is 32.2. The Morgan fingerprint density at radius 3 is 2.86 bits per heavy atom. The van der Waals surface area contributed by atoms with E-state index in [-0.39, 0.29) is 28.7 Å². The zero-order chi connectivity index (χ0) is 20.1. The molecule has 28 heavy (non-hydrogen) atoms. The van der Waals surface area contributed by atoms with Crippen LogP contribution in [0.1, 0.15) is 49.9 Å². The monoisotopic (exact) mass is 423 g/mol. The van der Waals surface area contributed by atoms with Gasteiger partial charge in [-0.1, -0.05) is 50.9 Å². The number of sulfone groups is 1. The lowest BCUT2D eigenvalue weighted by Crippen LogP contribution is -2.29. The van der Waals surface area contributed by atoms with Crippen molar-refractivity contribution in [3.63, 3.8) is 0 Å². The molecule has 8 heteroatoms. The zero-order valence-electron chi connectivity index (χ0n) is 16.5. The molecule has 0 spiro atoms. The molecule has 2 aliphatic heterocycles. The Morgan fingerprint density at radius 1 is 1.32 bits per heavy atom. The molecule has 1 saturated heterocycles. The molecule has 154 valence electrons. The molecule has 3 unspecified atom stereocenters. The van der Waals surface area contributed by atoms with Gasteiger partial charge in [-0.15, -0.1) is 0 Å². The van der Waals surface area contributed by atoms with E-state index in [4.69, 9.17) is 0 Å². The van der Waals surface area contributed by atoms with Crippen molar-refractivity contribution in [3.8, 4) is 0 Å². The summed E-state index contributed by atoms with van der Waals surface area (Å²) in [4.78, 5) is 17.0. The second-order valence-corrected chi connectivity index (χ2v) is 10.9. The lowest BCUT2D eigenvalue weighted by molar-refractivity contribution is 0.0946. The minimum Gasteiger partial charge on any atom is -0.352 e. The van der Waals surface area contributed by atoms with Gasteiger partial charge in [0.1, 0.15) is 0 Å². The second kappa shape index (κ2) is 9.31. The second-order valence-electron chi connectivity index (χ2n) is 7.57. The summed E-state index contributed by atoms with van der Waals surface area (Å²) in [7, 11) is -2.95. The van der Waals surface area contributed by atoms with E-state index in [0.29, 0.717) is 18.0 Å². The minimum atomic E-state index is -2.95. The van der Waals surface area contributed by atoms with Gasteiger partial charge in [-0.05, 0) is 30.5 Å². The van der Waals surface area contributed by atoms with E-state index in [1.165, 1.54) is 24.6 Å². The fraction of sp³-hybridized carbons (Fsp3) is 0.600. The van der Waals surface area contributed by atoms with Crippen LogP contribution in [0.15, 0.2) is 29.3 Å². The molecule has 2 N–H and O–H groups in total. The molecule has 1 amide bonds. The first-order valence-electron chi connectivity index (χ1n) is 10.0. The predicted molar refractivity (Wildman–Crippen MR) is 117 cm³/mol. The molecule has 0 bridgehead atoms. The Balaban J connectivity index is 1.56. The van der Waals surface area contributed by atoms with Crippen molar-refractivity contribution in [2.75, 3.05) is 23.4 Å². The van der Waals surface area contributed by atoms with Crippen molar-refractivity contribution in [3.05, 3.63) is 29.8 Å². The summed E-state index contributed by atoms with van der Waals surface area (Å²) in [5.74, 6) is 0.776. The van der Waals surface area contributed by atoms with Gasteiger partial charge in [-0.25, -0.2) is 8.42 Å². The number of fused-ring (bicyclic) bond motifs is 1. The third-order valence-corrected chi connectivity index (χ3v) is 8.43. The molecule has 0 aromatic heterocycles. The molecule has 0 saturated carbocycles. The van der Waals surface area contributed by atoms with Gasteiger partial charge in [-0.3, -0.25) is 9.79 Å². The smallest absolute Gasteiger partial charge is 0.251 e. The van der Waals surface area contributed by atoms with Crippen molar-refractivity contribution < 1.29 is 13.2 Å². The maximum atomic E-state index is 12.5. The molecule has 0 radical (unpaired) electrons. The summed E-state index contributed by atoms with van der Waals surface area (Å²) in [6.45, 7) is 5.05. The number of thioether (sulfide) groups is 1. The molecule has 2 aliphatic rings. The van der Waals surface area contributed by atoms with Crippen LogP contribution >= 0.6 is 11.8 Å². The van der Waals surface area contributed by atoms with E-state index < -0.39 is 9.84 Å². The summed E-state index contributed by atoms with van der Waals surface area (Å²) in [5, 5.41) is 7.02. The van der Waals surface area contributed by atoms with E-state index in [1.807, 2.05) is 18.2 Å². The molecular formula is C20H29N3O3S2. The van der Waals surface area contributed by atoms with Gasteiger partial charge < -0.3 is 10.6 Å². The molecule has 1 fully saturated rings. The number of amides is 1. The highest BCUT2D eigenvalue weighted by molar-refractivity contribution is 8.15. The van der Waals surface area contributed by atoms with Gasteiger partial charge in [0.05, 0.1) is 17.5 Å². The van der Waals surface area contributed by atoms with Crippen LogP contribution in [0.4, 0.5) is 5.69 Å². The van der Waals surface area contributed by atoms with Gasteiger partial charge in [0.2, 0.25) is 0 Å². The third-order valence-electron chi connectivity index (χ3n) is 5.29. The number of benzene rings is 1. The number of nitrogens with zero attached hydrogens (tertiary/aromatic N) is 1. The number of nitrogens with one attached hydrogen (secondary N) is 2. The Labute approximate surface area is 171 Å². The van der Waals surface area contributed by atoms with Crippen molar-refractivity contribution >= 4 is 38.4 Å². The van der Waals surface area contributed by atoms with Gasteiger partial charge in [0, 0.05) is 23.0 Å². The quantitative estimate of drug-likeness (QED) is 0.670. The first-order chi connectivity index (χ1) is 13.4. The zero-order valence-corrected chi connectivity index (χ0v) is 18.1. The molecule has 0 aliphatic carbocycles. The third kappa shape index (κ3) is 5.50. The van der Waals surface area contributed by atoms with Gasteiger partial charge in [0.15, 0.2) is 15.0 Å². The van der Waals surface area contributed by atoms with Crippen LogP contribution in [0, 0.1) is 5.92 Å². The average molecular weight is 424 g/mol. The Bertz CT molecular complexity index is 839. The molecule has 6 nitrogen and oxygen atoms in total. The summed E-state index contributed by atoms with van der Waals surface area (Å²) in [5.41, 5.74) is 1.40. The summed E-state index contributed by atoms with van der Waals surface area (Å²) < 4.78 is 23.3. The van der Waals surface area contributed by atoms with Crippen molar-refractivity contribution in [2.24, 2.45) is 10.9 Å². The fourth-order valence-corrected chi connectivity index (χ4v) is 7.24. The van der Waals surface area contributed by atoms with Gasteiger partial charge in [0.25, 0.3) is 5.91 Å². The number of hydrogen-bond donors (Lipinski definition) is 2. The predicted octanol–water partition coefficient (Wildman–Crippen LogP) is 3.31. The highest BCUT2D eigenvalue weighted by Gasteiger charge is 2.42. The summed E-state index contributed by atoms with van der Waals surface area (Å²) in [6, 6.07) is 7.20. The molecule has 3 atom stereocenters. The van der Waals surface area contributed by atoms with Gasteiger partial charge in [-0.2, -0.15) is 0 Å². The van der Waals surface area contributed by atoms with Crippen molar-refractivity contribution in [1.29, 1.82) is 0 Å². The van der Waals surface area contributed by atoms with Crippen LogP contribution in [0.25, 0.3) is 0 Å². The topological polar surface area (TPSA) is 87.6 Å². The van der Waals surface area contributed by atoms with E-state index in [2.05, 4.69) is 29.5 Å². The van der Waals surface area contributed by atoms with Crippen LogP contribution in [-0.2, 0) is 9.84 Å². The Kier molecular flexibility index (Phi) is 7.04. The highest BCUT2D eigenvalue weighted by Crippen LogP contribution is 2.34. The van der Waals surface area contributed by atoms with E-state index in [0.717, 1.165) is 23.7 Å². The van der Waals surface area contributed by atoms with E-state index in [1.54, 1.807) is 6.07 Å². The van der Waals surface area contributed by atoms with Crippen LogP contribution in [0.3, 0.4) is 0 Å². The minimum absolute atomic E-state index is 0.00748. The molecular weight excluding hydrogens is 394 g/mol. The number of carbonyl (C=O) groups is 1. The Morgan fingerprint density at radius 2 is 2.14 bits per heavy atom. The lowest BCUT2D eigenvalue weighted by Gasteiger charge is -2.15. The molecule has 3 rings (SSSR count). The number of hydrogen-bond acceptors (Lipinski definition) is 6. The molecule has 2 heterocycles. The summed E-state index contributed by atoms with van der Waals surface area (Å²) in [6.07, 6.45) is 4.57. The van der Waals surface area contributed by atoms with Crippen LogP contribution < -0.4 is 10.6 Å². The number of anilines is 1. The maximum Gasteiger partial charge on any atom is 0.251 e. The molecule has 1 aromatic rings. The number of amidine groups is 1. The van der Waals surface area contributed by atoms with Crippen molar-refractivity contribution in [1.82, 2.24) is 5.32 Å². The average Bonchev–Trinajstić information content (AvgIpc) is 3.14. The maximum absolute atomic E-state index is 12.5. The van der Waals surface area contributed by atoms with Crippen molar-refractivity contribution in [2.45, 2.75) is 50.8 Å². The van der Waals surface area contributed by atoms with Crippen LogP contribution in [0.5, 0.6) is 0 Å². The first-order valence-corrected chi connectivity index (χ1v) is 12.7.